The SMILES string of the molecule is Cc1ccc(S(=O)(=O)NC[C@H](c2cccc3ccccc23)N2CCCC2)c(C)c1. The summed E-state index contributed by atoms with van der Waals surface area (Å²) in [6.45, 7) is 6.19. The number of nitrogens with zero attached hydrogens (tertiary/aromatic N) is 1. The van der Waals surface area contributed by atoms with Crippen LogP contribution in [0, 0.1) is 13.8 Å². The van der Waals surface area contributed by atoms with Crippen LogP contribution in [0.15, 0.2) is 65.6 Å². The van der Waals surface area contributed by atoms with Crippen molar-refractivity contribution < 1.29 is 8.42 Å². The van der Waals surface area contributed by atoms with Crippen molar-refractivity contribution in [3.8, 4) is 0 Å². The highest BCUT2D eigenvalue weighted by atomic mass is 32.2. The summed E-state index contributed by atoms with van der Waals surface area (Å²) in [6.07, 6.45) is 2.32. The third-order valence-electron chi connectivity index (χ3n) is 5.85. The Balaban J connectivity index is 1.66. The van der Waals surface area contributed by atoms with Gasteiger partial charge in [-0.15, -0.1) is 0 Å². The van der Waals surface area contributed by atoms with Crippen molar-refractivity contribution in [2.45, 2.75) is 37.6 Å². The molecule has 1 heterocycles. The van der Waals surface area contributed by atoms with Crippen molar-refractivity contribution in [3.63, 3.8) is 0 Å². The maximum absolute atomic E-state index is 13.0. The van der Waals surface area contributed by atoms with Crippen LogP contribution in [0.4, 0.5) is 0 Å². The van der Waals surface area contributed by atoms with E-state index in [0.29, 0.717) is 11.4 Å². The van der Waals surface area contributed by atoms with E-state index in [1.54, 1.807) is 6.07 Å². The van der Waals surface area contributed by atoms with E-state index in [2.05, 4.69) is 40.0 Å². The fourth-order valence-electron chi connectivity index (χ4n) is 4.40. The molecule has 0 aromatic heterocycles. The molecule has 0 spiro atoms. The molecule has 5 heteroatoms. The summed E-state index contributed by atoms with van der Waals surface area (Å²) in [5.41, 5.74) is 3.03. The molecule has 1 fully saturated rings. The summed E-state index contributed by atoms with van der Waals surface area (Å²) in [6, 6.07) is 20.1. The van der Waals surface area contributed by atoms with E-state index < -0.39 is 10.0 Å². The third kappa shape index (κ3) is 4.22. The van der Waals surface area contributed by atoms with E-state index in [1.165, 1.54) is 16.3 Å². The van der Waals surface area contributed by atoms with Gasteiger partial charge in [0.2, 0.25) is 10.0 Å². The molecule has 4 nitrogen and oxygen atoms in total. The van der Waals surface area contributed by atoms with Crippen LogP contribution in [-0.4, -0.2) is 33.0 Å². The lowest BCUT2D eigenvalue weighted by Crippen LogP contribution is -2.37. The van der Waals surface area contributed by atoms with Crippen LogP contribution >= 0.6 is 0 Å². The number of benzene rings is 3. The van der Waals surface area contributed by atoms with Crippen LogP contribution in [0.2, 0.25) is 0 Å². The lowest BCUT2D eigenvalue weighted by atomic mass is 9.98. The van der Waals surface area contributed by atoms with Gasteiger partial charge in [-0.2, -0.15) is 0 Å². The first-order valence-corrected chi connectivity index (χ1v) is 11.7. The summed E-state index contributed by atoms with van der Waals surface area (Å²) in [7, 11) is -3.57. The highest BCUT2D eigenvalue weighted by Crippen LogP contribution is 2.31. The minimum atomic E-state index is -3.57. The molecule has 1 atom stereocenters. The minimum Gasteiger partial charge on any atom is -0.295 e. The molecule has 3 aromatic rings. The van der Waals surface area contributed by atoms with Crippen LogP contribution in [0.1, 0.15) is 35.6 Å². The second kappa shape index (κ2) is 8.27. The standard InChI is InChI=1S/C24H28N2O2S/c1-18-12-13-24(19(2)16-18)29(27,28)25-17-23(26-14-5-6-15-26)22-11-7-9-20-8-3-4-10-21(20)22/h3-4,7-13,16,23,25H,5-6,14-15,17H2,1-2H3/t23-/m1/s1. The summed E-state index contributed by atoms with van der Waals surface area (Å²) in [5, 5.41) is 2.38. The molecular formula is C24H28N2O2S. The molecule has 0 aliphatic carbocycles. The molecule has 0 amide bonds. The predicted octanol–water partition coefficient (Wildman–Crippen LogP) is 4.57. The van der Waals surface area contributed by atoms with Gasteiger partial charge in [-0.25, -0.2) is 13.1 Å². The van der Waals surface area contributed by atoms with Gasteiger partial charge in [-0.3, -0.25) is 4.90 Å². The molecule has 1 N–H and O–H groups in total. The molecule has 1 saturated heterocycles. The van der Waals surface area contributed by atoms with Gasteiger partial charge in [0.1, 0.15) is 0 Å². The Labute approximate surface area is 173 Å². The minimum absolute atomic E-state index is 0.0177. The monoisotopic (exact) mass is 408 g/mol. The molecule has 152 valence electrons. The summed E-state index contributed by atoms with van der Waals surface area (Å²) >= 11 is 0. The zero-order valence-electron chi connectivity index (χ0n) is 17.1. The fourth-order valence-corrected chi connectivity index (χ4v) is 5.66. The van der Waals surface area contributed by atoms with Gasteiger partial charge in [0.15, 0.2) is 0 Å². The second-order valence-corrected chi connectivity index (χ2v) is 9.68. The van der Waals surface area contributed by atoms with Crippen LogP contribution < -0.4 is 4.72 Å². The second-order valence-electron chi connectivity index (χ2n) is 7.95. The summed E-state index contributed by atoms with van der Waals surface area (Å²) in [5.74, 6) is 0. The normalized spacial score (nSPS) is 16.3. The van der Waals surface area contributed by atoms with Gasteiger partial charge in [0, 0.05) is 12.6 Å². The Bertz CT molecular complexity index is 1110. The van der Waals surface area contributed by atoms with E-state index in [9.17, 15) is 8.42 Å². The van der Waals surface area contributed by atoms with Crippen LogP contribution in [0.5, 0.6) is 0 Å². The average Bonchev–Trinajstić information content (AvgIpc) is 3.22. The van der Waals surface area contributed by atoms with E-state index in [4.69, 9.17) is 0 Å². The molecule has 4 rings (SSSR count). The van der Waals surface area contributed by atoms with Gasteiger partial charge in [0.25, 0.3) is 0 Å². The highest BCUT2D eigenvalue weighted by molar-refractivity contribution is 7.89. The maximum atomic E-state index is 13.0. The number of rotatable bonds is 6. The van der Waals surface area contributed by atoms with Gasteiger partial charge in [-0.1, -0.05) is 60.2 Å². The van der Waals surface area contributed by atoms with Crippen molar-refractivity contribution in [1.29, 1.82) is 0 Å². The van der Waals surface area contributed by atoms with Crippen molar-refractivity contribution in [1.82, 2.24) is 9.62 Å². The summed E-state index contributed by atoms with van der Waals surface area (Å²) < 4.78 is 29.0. The van der Waals surface area contributed by atoms with Crippen molar-refractivity contribution >= 4 is 20.8 Å². The van der Waals surface area contributed by atoms with E-state index >= 15 is 0 Å². The first-order valence-electron chi connectivity index (χ1n) is 10.2. The van der Waals surface area contributed by atoms with E-state index in [0.717, 1.165) is 37.1 Å². The maximum Gasteiger partial charge on any atom is 0.240 e. The molecule has 0 unspecified atom stereocenters. The van der Waals surface area contributed by atoms with Crippen LogP contribution in [0.25, 0.3) is 10.8 Å². The number of sulfonamides is 1. The fraction of sp³-hybridized carbons (Fsp3) is 0.333. The Kier molecular flexibility index (Phi) is 5.72. The van der Waals surface area contributed by atoms with Crippen molar-refractivity contribution in [3.05, 3.63) is 77.4 Å². The van der Waals surface area contributed by atoms with Gasteiger partial charge in [-0.05, 0) is 67.7 Å². The van der Waals surface area contributed by atoms with Crippen LogP contribution in [0.3, 0.4) is 0 Å². The Morgan fingerprint density at radius 2 is 1.69 bits per heavy atom. The Morgan fingerprint density at radius 1 is 0.966 bits per heavy atom. The van der Waals surface area contributed by atoms with Gasteiger partial charge < -0.3 is 0 Å². The number of fused-ring (bicyclic) bond motifs is 1. The smallest absolute Gasteiger partial charge is 0.240 e. The predicted molar refractivity (Wildman–Crippen MR) is 119 cm³/mol. The van der Waals surface area contributed by atoms with Crippen molar-refractivity contribution in [2.24, 2.45) is 0 Å². The molecular weight excluding hydrogens is 380 g/mol. The number of hydrogen-bond donors (Lipinski definition) is 1. The Morgan fingerprint density at radius 3 is 2.45 bits per heavy atom. The topological polar surface area (TPSA) is 49.4 Å². The van der Waals surface area contributed by atoms with Crippen LogP contribution in [-0.2, 0) is 10.0 Å². The number of nitrogens with one attached hydrogen (secondary N) is 1. The Hall–Kier alpha value is -2.21. The number of hydrogen-bond acceptors (Lipinski definition) is 3. The summed E-state index contributed by atoms with van der Waals surface area (Å²) in [4.78, 5) is 2.77. The number of aryl methyl sites for hydroxylation is 2. The van der Waals surface area contributed by atoms with Crippen molar-refractivity contribution in [2.75, 3.05) is 19.6 Å². The van der Waals surface area contributed by atoms with E-state index in [1.807, 2.05) is 38.1 Å². The zero-order chi connectivity index (χ0) is 20.4. The average molecular weight is 409 g/mol. The largest absolute Gasteiger partial charge is 0.295 e. The first kappa shape index (κ1) is 20.1. The molecule has 1 aliphatic heterocycles. The molecule has 0 bridgehead atoms. The molecule has 0 saturated carbocycles. The lowest BCUT2D eigenvalue weighted by Gasteiger charge is -2.29. The molecule has 1 aliphatic rings. The molecule has 3 aromatic carbocycles. The third-order valence-corrected chi connectivity index (χ3v) is 7.43. The highest BCUT2D eigenvalue weighted by Gasteiger charge is 2.27. The molecule has 0 radical (unpaired) electrons. The first-order chi connectivity index (χ1) is 14.0. The van der Waals surface area contributed by atoms with Gasteiger partial charge >= 0.3 is 0 Å². The molecule has 29 heavy (non-hydrogen) atoms. The van der Waals surface area contributed by atoms with Gasteiger partial charge in [0.05, 0.1) is 4.90 Å². The number of likely N-dealkylation sites (tertiary alicyclic amines) is 1. The lowest BCUT2D eigenvalue weighted by molar-refractivity contribution is 0.248. The quantitative estimate of drug-likeness (QED) is 0.650. The zero-order valence-corrected chi connectivity index (χ0v) is 17.9. The van der Waals surface area contributed by atoms with E-state index in [-0.39, 0.29) is 6.04 Å².